The lowest BCUT2D eigenvalue weighted by Gasteiger charge is -2.14. The van der Waals surface area contributed by atoms with Gasteiger partial charge in [0.25, 0.3) is 0 Å². The zero-order valence-corrected chi connectivity index (χ0v) is 11.1. The summed E-state index contributed by atoms with van der Waals surface area (Å²) in [6.07, 6.45) is 0.845. The van der Waals surface area contributed by atoms with Crippen LogP contribution in [0.1, 0.15) is 23.7 Å². The number of likely N-dealkylation sites (N-methyl/N-ethyl adjacent to an activating group) is 1. The molecule has 0 bridgehead atoms. The molecule has 98 valence electrons. The predicted octanol–water partition coefficient (Wildman–Crippen LogP) is 2.17. The lowest BCUT2D eigenvalue weighted by atomic mass is 10.2. The largest absolute Gasteiger partial charge is 0.457 e. The average molecular weight is 269 g/mol. The van der Waals surface area contributed by atoms with Crippen LogP contribution in [0, 0.1) is 0 Å². The van der Waals surface area contributed by atoms with Gasteiger partial charge in [0.15, 0.2) is 0 Å². The zero-order valence-electron chi connectivity index (χ0n) is 10.4. The molecule has 1 saturated heterocycles. The van der Waals surface area contributed by atoms with Crippen LogP contribution in [0.15, 0.2) is 18.2 Å². The van der Waals surface area contributed by atoms with Crippen LogP contribution >= 0.6 is 11.6 Å². The van der Waals surface area contributed by atoms with Gasteiger partial charge in [0.2, 0.25) is 0 Å². The Morgan fingerprint density at radius 2 is 2.39 bits per heavy atom. The number of carbonyl (C=O) groups is 1. The Labute approximate surface area is 112 Å². The molecule has 1 atom stereocenters. The van der Waals surface area contributed by atoms with Gasteiger partial charge in [0.05, 0.1) is 10.6 Å². The molecule has 1 aromatic rings. The summed E-state index contributed by atoms with van der Waals surface area (Å²) in [4.78, 5) is 14.2. The summed E-state index contributed by atoms with van der Waals surface area (Å²) >= 11 is 5.97. The number of hydrogen-bond donors (Lipinski definition) is 1. The van der Waals surface area contributed by atoms with Crippen LogP contribution in [0.4, 0.5) is 5.69 Å². The Morgan fingerprint density at radius 3 is 3.00 bits per heavy atom. The fourth-order valence-corrected chi connectivity index (χ4v) is 2.36. The minimum absolute atomic E-state index is 0.0360. The Morgan fingerprint density at radius 1 is 1.61 bits per heavy atom. The molecule has 0 aliphatic carbocycles. The van der Waals surface area contributed by atoms with E-state index in [0.717, 1.165) is 26.1 Å². The van der Waals surface area contributed by atoms with Crippen molar-refractivity contribution in [3.8, 4) is 0 Å². The van der Waals surface area contributed by atoms with Crippen molar-refractivity contribution in [3.63, 3.8) is 0 Å². The molecule has 0 amide bonds. The van der Waals surface area contributed by atoms with Crippen LogP contribution in [-0.4, -0.2) is 36.6 Å². The second-order valence-corrected chi connectivity index (χ2v) is 4.86. The van der Waals surface area contributed by atoms with Gasteiger partial charge < -0.3 is 10.5 Å². The number of rotatable bonds is 3. The van der Waals surface area contributed by atoms with E-state index < -0.39 is 0 Å². The summed E-state index contributed by atoms with van der Waals surface area (Å²) in [6.45, 7) is 4.86. The van der Waals surface area contributed by atoms with Crippen molar-refractivity contribution < 1.29 is 9.53 Å². The van der Waals surface area contributed by atoms with E-state index >= 15 is 0 Å². The number of carbonyl (C=O) groups excluding carboxylic acids is 1. The Balaban J connectivity index is 2.00. The molecule has 0 aromatic heterocycles. The average Bonchev–Trinajstić information content (AvgIpc) is 2.76. The highest BCUT2D eigenvalue weighted by molar-refractivity contribution is 6.33. The number of nitrogens with zero attached hydrogens (tertiary/aromatic N) is 1. The van der Waals surface area contributed by atoms with E-state index in [1.807, 2.05) is 0 Å². The molecule has 1 fully saturated rings. The molecule has 2 rings (SSSR count). The van der Waals surface area contributed by atoms with Gasteiger partial charge in [0, 0.05) is 18.8 Å². The van der Waals surface area contributed by atoms with E-state index in [1.54, 1.807) is 18.2 Å². The molecular formula is C13H17ClN2O2. The molecule has 1 unspecified atom stereocenters. The van der Waals surface area contributed by atoms with Crippen LogP contribution in [-0.2, 0) is 4.74 Å². The van der Waals surface area contributed by atoms with Gasteiger partial charge in [-0.2, -0.15) is 0 Å². The Kier molecular flexibility index (Phi) is 4.09. The van der Waals surface area contributed by atoms with Gasteiger partial charge in [-0.3, -0.25) is 4.90 Å². The molecule has 18 heavy (non-hydrogen) atoms. The molecule has 5 heteroatoms. The van der Waals surface area contributed by atoms with E-state index in [-0.39, 0.29) is 12.1 Å². The zero-order chi connectivity index (χ0) is 13.1. The van der Waals surface area contributed by atoms with Crippen molar-refractivity contribution in [2.24, 2.45) is 0 Å². The molecule has 1 aliphatic rings. The number of benzene rings is 1. The van der Waals surface area contributed by atoms with Crippen molar-refractivity contribution in [1.82, 2.24) is 4.90 Å². The number of nitrogen functional groups attached to an aromatic ring is 1. The van der Waals surface area contributed by atoms with Gasteiger partial charge >= 0.3 is 5.97 Å². The number of halogens is 1. The number of nitrogens with two attached hydrogens (primary N) is 1. The van der Waals surface area contributed by atoms with Crippen molar-refractivity contribution in [3.05, 3.63) is 28.8 Å². The van der Waals surface area contributed by atoms with Crippen molar-refractivity contribution in [1.29, 1.82) is 0 Å². The van der Waals surface area contributed by atoms with Crippen LogP contribution in [0.5, 0.6) is 0 Å². The van der Waals surface area contributed by atoms with E-state index in [9.17, 15) is 4.79 Å². The van der Waals surface area contributed by atoms with E-state index in [4.69, 9.17) is 22.1 Å². The van der Waals surface area contributed by atoms with Gasteiger partial charge in [-0.15, -0.1) is 0 Å². The summed E-state index contributed by atoms with van der Waals surface area (Å²) in [6, 6.07) is 4.81. The first-order valence-corrected chi connectivity index (χ1v) is 6.46. The summed E-state index contributed by atoms with van der Waals surface area (Å²) in [5, 5.41) is 0.338. The Hall–Kier alpha value is -1.26. The van der Waals surface area contributed by atoms with Gasteiger partial charge in [-0.25, -0.2) is 4.79 Å². The highest BCUT2D eigenvalue weighted by Gasteiger charge is 2.25. The normalized spacial score (nSPS) is 20.0. The molecule has 0 radical (unpaired) electrons. The second kappa shape index (κ2) is 5.59. The highest BCUT2D eigenvalue weighted by atomic mass is 35.5. The van der Waals surface area contributed by atoms with Crippen molar-refractivity contribution in [2.45, 2.75) is 19.4 Å². The molecule has 1 heterocycles. The molecule has 1 aromatic carbocycles. The molecule has 2 N–H and O–H groups in total. The van der Waals surface area contributed by atoms with Gasteiger partial charge in [-0.05, 0) is 31.2 Å². The van der Waals surface area contributed by atoms with E-state index in [2.05, 4.69) is 11.8 Å². The second-order valence-electron chi connectivity index (χ2n) is 4.45. The first kappa shape index (κ1) is 13.2. The highest BCUT2D eigenvalue weighted by Crippen LogP contribution is 2.22. The quantitative estimate of drug-likeness (QED) is 0.674. The van der Waals surface area contributed by atoms with Crippen LogP contribution in [0.3, 0.4) is 0 Å². The SMILES string of the molecule is CCN1CCC(OC(=O)c2ccc(N)cc2Cl)C1. The number of ether oxygens (including phenoxy) is 1. The fourth-order valence-electron chi connectivity index (χ4n) is 2.09. The number of hydrogen-bond acceptors (Lipinski definition) is 4. The third kappa shape index (κ3) is 2.94. The minimum Gasteiger partial charge on any atom is -0.457 e. The number of likely N-dealkylation sites (tertiary alicyclic amines) is 1. The predicted molar refractivity (Wildman–Crippen MR) is 71.8 cm³/mol. The Bertz CT molecular complexity index is 451. The summed E-state index contributed by atoms with van der Waals surface area (Å²) < 4.78 is 5.44. The minimum atomic E-state index is -0.372. The first-order valence-electron chi connectivity index (χ1n) is 6.08. The van der Waals surface area contributed by atoms with Crippen LogP contribution in [0.25, 0.3) is 0 Å². The lowest BCUT2D eigenvalue weighted by Crippen LogP contribution is -2.24. The van der Waals surface area contributed by atoms with Crippen molar-refractivity contribution >= 4 is 23.3 Å². The van der Waals surface area contributed by atoms with Crippen molar-refractivity contribution in [2.75, 3.05) is 25.4 Å². The summed E-state index contributed by atoms with van der Waals surface area (Å²) in [7, 11) is 0. The van der Waals surface area contributed by atoms with E-state index in [1.165, 1.54) is 0 Å². The molecular weight excluding hydrogens is 252 g/mol. The lowest BCUT2D eigenvalue weighted by molar-refractivity contribution is 0.0323. The molecule has 1 aliphatic heterocycles. The number of esters is 1. The van der Waals surface area contributed by atoms with Gasteiger partial charge in [0.1, 0.15) is 6.10 Å². The monoisotopic (exact) mass is 268 g/mol. The number of anilines is 1. The smallest absolute Gasteiger partial charge is 0.339 e. The van der Waals surface area contributed by atoms with E-state index in [0.29, 0.717) is 16.3 Å². The molecule has 0 spiro atoms. The maximum Gasteiger partial charge on any atom is 0.339 e. The third-order valence-electron chi connectivity index (χ3n) is 3.16. The summed E-state index contributed by atoms with van der Waals surface area (Å²) in [5.74, 6) is -0.372. The third-order valence-corrected chi connectivity index (χ3v) is 3.48. The maximum absolute atomic E-state index is 12.0. The standard InChI is InChI=1S/C13H17ClN2O2/c1-2-16-6-5-10(8-16)18-13(17)11-4-3-9(15)7-12(11)14/h3-4,7,10H,2,5-6,8,15H2,1H3. The van der Waals surface area contributed by atoms with Crippen LogP contribution in [0.2, 0.25) is 5.02 Å². The first-order chi connectivity index (χ1) is 8.60. The molecule has 0 saturated carbocycles. The summed E-state index contributed by atoms with van der Waals surface area (Å²) in [5.41, 5.74) is 6.50. The maximum atomic E-state index is 12.0. The van der Waals surface area contributed by atoms with Crippen LogP contribution < -0.4 is 5.73 Å². The molecule has 4 nitrogen and oxygen atoms in total. The topological polar surface area (TPSA) is 55.6 Å². The van der Waals surface area contributed by atoms with Gasteiger partial charge in [-0.1, -0.05) is 18.5 Å². The fraction of sp³-hybridized carbons (Fsp3) is 0.462.